The summed E-state index contributed by atoms with van der Waals surface area (Å²) in [5.41, 5.74) is 9.64. The minimum atomic E-state index is 0.0435. The number of pyridine rings is 1. The Morgan fingerprint density at radius 1 is 1.00 bits per heavy atom. The van der Waals surface area contributed by atoms with E-state index in [1.165, 1.54) is 5.56 Å². The van der Waals surface area contributed by atoms with Gasteiger partial charge in [-0.25, -0.2) is 4.98 Å². The maximum absolute atomic E-state index is 6.00. The predicted molar refractivity (Wildman–Crippen MR) is 70.8 cm³/mol. The van der Waals surface area contributed by atoms with Crippen molar-refractivity contribution in [1.82, 2.24) is 4.98 Å². The Morgan fingerprint density at radius 2 is 1.50 bits per heavy atom. The first-order valence-electron chi connectivity index (χ1n) is 5.81. The molecular formula is C14H24N2. The lowest BCUT2D eigenvalue weighted by atomic mass is 9.81. The van der Waals surface area contributed by atoms with E-state index in [9.17, 15) is 0 Å². The van der Waals surface area contributed by atoms with Crippen molar-refractivity contribution in [2.45, 2.75) is 59.3 Å². The number of nitrogens with zero attached hydrogens (tertiary/aromatic N) is 1. The Kier molecular flexibility index (Phi) is 3.06. The minimum Gasteiger partial charge on any atom is -0.383 e. The van der Waals surface area contributed by atoms with Crippen molar-refractivity contribution in [3.63, 3.8) is 0 Å². The van der Waals surface area contributed by atoms with E-state index in [-0.39, 0.29) is 10.8 Å². The first-order valence-corrected chi connectivity index (χ1v) is 5.81. The van der Waals surface area contributed by atoms with Crippen LogP contribution in [-0.2, 0) is 10.8 Å². The number of nitrogens with two attached hydrogens (primary N) is 1. The molecule has 1 aromatic heterocycles. The molecule has 0 aliphatic carbocycles. The van der Waals surface area contributed by atoms with Crippen molar-refractivity contribution in [2.24, 2.45) is 0 Å². The van der Waals surface area contributed by atoms with E-state index in [4.69, 9.17) is 5.73 Å². The monoisotopic (exact) mass is 220 g/mol. The molecule has 1 aromatic rings. The molecule has 0 aliphatic rings. The van der Waals surface area contributed by atoms with E-state index < -0.39 is 0 Å². The second kappa shape index (κ2) is 3.76. The SMILES string of the molecule is Cc1c(C(C)(C)C)cc(C(C)(C)C)nc1N. The zero-order valence-electron chi connectivity index (χ0n) is 11.6. The van der Waals surface area contributed by atoms with Crippen molar-refractivity contribution in [1.29, 1.82) is 0 Å². The molecule has 0 fully saturated rings. The summed E-state index contributed by atoms with van der Waals surface area (Å²) in [5, 5.41) is 0. The summed E-state index contributed by atoms with van der Waals surface area (Å²) in [4.78, 5) is 4.50. The first-order chi connectivity index (χ1) is 7.03. The second-order valence-electron chi connectivity index (χ2n) is 6.57. The fraction of sp³-hybridized carbons (Fsp3) is 0.643. The van der Waals surface area contributed by atoms with Gasteiger partial charge in [-0.1, -0.05) is 41.5 Å². The van der Waals surface area contributed by atoms with Crippen LogP contribution in [0.15, 0.2) is 6.07 Å². The van der Waals surface area contributed by atoms with Gasteiger partial charge in [0, 0.05) is 11.1 Å². The van der Waals surface area contributed by atoms with E-state index in [0.29, 0.717) is 5.82 Å². The number of hydrogen-bond donors (Lipinski definition) is 1. The molecule has 0 bridgehead atoms. The van der Waals surface area contributed by atoms with Crippen molar-refractivity contribution in [2.75, 3.05) is 5.73 Å². The fourth-order valence-electron chi connectivity index (χ4n) is 1.79. The lowest BCUT2D eigenvalue weighted by Gasteiger charge is -2.26. The Balaban J connectivity index is 3.46. The molecule has 0 saturated carbocycles. The highest BCUT2D eigenvalue weighted by molar-refractivity contribution is 5.48. The maximum atomic E-state index is 6.00. The number of rotatable bonds is 0. The normalized spacial score (nSPS) is 12.9. The van der Waals surface area contributed by atoms with E-state index in [2.05, 4.69) is 59.5 Å². The summed E-state index contributed by atoms with van der Waals surface area (Å²) in [6.07, 6.45) is 0. The van der Waals surface area contributed by atoms with Gasteiger partial charge in [-0.05, 0) is 29.5 Å². The van der Waals surface area contributed by atoms with Crippen LogP contribution in [0.3, 0.4) is 0 Å². The molecule has 2 nitrogen and oxygen atoms in total. The summed E-state index contributed by atoms with van der Waals surface area (Å²) in [6, 6.07) is 2.20. The van der Waals surface area contributed by atoms with E-state index in [1.54, 1.807) is 0 Å². The van der Waals surface area contributed by atoms with Gasteiger partial charge in [0.15, 0.2) is 0 Å². The average Bonchev–Trinajstić information content (AvgIpc) is 2.05. The van der Waals surface area contributed by atoms with Gasteiger partial charge in [0.25, 0.3) is 0 Å². The second-order valence-corrected chi connectivity index (χ2v) is 6.57. The van der Waals surface area contributed by atoms with Crippen LogP contribution in [0.1, 0.15) is 58.4 Å². The third kappa shape index (κ3) is 2.55. The van der Waals surface area contributed by atoms with Gasteiger partial charge in [-0.2, -0.15) is 0 Å². The van der Waals surface area contributed by atoms with Crippen LogP contribution in [0.2, 0.25) is 0 Å². The molecule has 0 aromatic carbocycles. The van der Waals surface area contributed by atoms with Crippen molar-refractivity contribution in [3.8, 4) is 0 Å². The summed E-state index contributed by atoms with van der Waals surface area (Å²) in [5.74, 6) is 0.664. The Labute approximate surface area is 99.3 Å². The smallest absolute Gasteiger partial charge is 0.126 e. The van der Waals surface area contributed by atoms with Crippen LogP contribution in [0.25, 0.3) is 0 Å². The van der Waals surface area contributed by atoms with Crippen LogP contribution in [-0.4, -0.2) is 4.98 Å². The minimum absolute atomic E-state index is 0.0435. The van der Waals surface area contributed by atoms with Gasteiger partial charge >= 0.3 is 0 Å². The third-order valence-corrected chi connectivity index (χ3v) is 2.89. The average molecular weight is 220 g/mol. The predicted octanol–water partition coefficient (Wildman–Crippen LogP) is 3.57. The Hall–Kier alpha value is -1.05. The standard InChI is InChI=1S/C14H24N2/c1-9-10(13(2,3)4)8-11(14(5,6)7)16-12(9)15/h8H,1-7H3,(H2,15,16). The van der Waals surface area contributed by atoms with Crippen LogP contribution in [0.5, 0.6) is 0 Å². The topological polar surface area (TPSA) is 38.9 Å². The van der Waals surface area contributed by atoms with E-state index >= 15 is 0 Å². The molecule has 0 aliphatic heterocycles. The molecule has 0 atom stereocenters. The fourth-order valence-corrected chi connectivity index (χ4v) is 1.79. The maximum Gasteiger partial charge on any atom is 0.126 e. The molecule has 0 saturated heterocycles. The molecule has 16 heavy (non-hydrogen) atoms. The zero-order valence-corrected chi connectivity index (χ0v) is 11.6. The summed E-state index contributed by atoms with van der Waals surface area (Å²) < 4.78 is 0. The molecule has 90 valence electrons. The van der Waals surface area contributed by atoms with E-state index in [1.807, 2.05) is 0 Å². The van der Waals surface area contributed by atoms with Crippen LogP contribution in [0.4, 0.5) is 5.82 Å². The lowest BCUT2D eigenvalue weighted by Crippen LogP contribution is -2.20. The molecule has 0 amide bonds. The van der Waals surface area contributed by atoms with Crippen LogP contribution >= 0.6 is 0 Å². The van der Waals surface area contributed by atoms with Gasteiger partial charge in [0.2, 0.25) is 0 Å². The summed E-state index contributed by atoms with van der Waals surface area (Å²) in [6.45, 7) is 15.2. The van der Waals surface area contributed by atoms with Crippen LogP contribution in [0, 0.1) is 6.92 Å². The summed E-state index contributed by atoms with van der Waals surface area (Å²) in [7, 11) is 0. The van der Waals surface area contributed by atoms with Crippen molar-refractivity contribution >= 4 is 5.82 Å². The summed E-state index contributed by atoms with van der Waals surface area (Å²) >= 11 is 0. The largest absolute Gasteiger partial charge is 0.383 e. The molecule has 2 N–H and O–H groups in total. The van der Waals surface area contributed by atoms with Gasteiger partial charge in [0.05, 0.1) is 0 Å². The van der Waals surface area contributed by atoms with Gasteiger partial charge in [-0.3, -0.25) is 0 Å². The zero-order chi connectivity index (χ0) is 12.7. The molecule has 0 radical (unpaired) electrons. The first kappa shape index (κ1) is 13.0. The Bertz CT molecular complexity index is 392. The van der Waals surface area contributed by atoms with Gasteiger partial charge in [-0.15, -0.1) is 0 Å². The molecule has 0 spiro atoms. The van der Waals surface area contributed by atoms with Crippen LogP contribution < -0.4 is 5.73 Å². The van der Waals surface area contributed by atoms with Gasteiger partial charge < -0.3 is 5.73 Å². The highest BCUT2D eigenvalue weighted by Crippen LogP contribution is 2.32. The Morgan fingerprint density at radius 3 is 1.88 bits per heavy atom. The molecule has 1 rings (SSSR count). The van der Waals surface area contributed by atoms with E-state index in [0.717, 1.165) is 11.3 Å². The number of anilines is 1. The molecule has 0 unspecified atom stereocenters. The molecule has 1 heterocycles. The molecular weight excluding hydrogens is 196 g/mol. The van der Waals surface area contributed by atoms with Crippen molar-refractivity contribution < 1.29 is 0 Å². The quantitative estimate of drug-likeness (QED) is 0.726. The number of hydrogen-bond acceptors (Lipinski definition) is 2. The number of aromatic nitrogens is 1. The highest BCUT2D eigenvalue weighted by Gasteiger charge is 2.23. The highest BCUT2D eigenvalue weighted by atomic mass is 14.9. The van der Waals surface area contributed by atoms with Gasteiger partial charge in [0.1, 0.15) is 5.82 Å². The third-order valence-electron chi connectivity index (χ3n) is 2.89. The van der Waals surface area contributed by atoms with Crippen molar-refractivity contribution in [3.05, 3.63) is 22.9 Å². The number of nitrogen functional groups attached to an aromatic ring is 1. The lowest BCUT2D eigenvalue weighted by molar-refractivity contribution is 0.551. The molecule has 2 heteroatoms.